The van der Waals surface area contributed by atoms with E-state index < -0.39 is 0 Å². The number of amides is 1. The van der Waals surface area contributed by atoms with Crippen molar-refractivity contribution in [1.82, 2.24) is 14.9 Å². The second-order valence-corrected chi connectivity index (χ2v) is 7.35. The molecule has 1 fully saturated rings. The minimum absolute atomic E-state index is 0.0777. The number of aryl methyl sites for hydroxylation is 1. The van der Waals surface area contributed by atoms with Gasteiger partial charge in [-0.05, 0) is 25.0 Å². The normalized spacial score (nSPS) is 16.0. The molecule has 1 aliphatic heterocycles. The summed E-state index contributed by atoms with van der Waals surface area (Å²) < 4.78 is 2.76. The minimum Gasteiger partial charge on any atom is -0.353 e. The Morgan fingerprint density at radius 1 is 1.45 bits per heavy atom. The van der Waals surface area contributed by atoms with Crippen LogP contribution in [0.1, 0.15) is 17.7 Å². The number of halogens is 1. The highest BCUT2D eigenvalue weighted by Gasteiger charge is 2.22. The molecule has 1 amide bonds. The van der Waals surface area contributed by atoms with Crippen LogP contribution in [0.4, 0.5) is 5.95 Å². The Kier molecular flexibility index (Phi) is 4.69. The number of nitrogens with one attached hydrogen (secondary N) is 1. The number of imidazole rings is 1. The van der Waals surface area contributed by atoms with E-state index in [1.165, 1.54) is 11.3 Å². The van der Waals surface area contributed by atoms with Gasteiger partial charge in [0.15, 0.2) is 0 Å². The Morgan fingerprint density at radius 2 is 2.23 bits per heavy atom. The number of carbonyl (C=O) groups is 1. The van der Waals surface area contributed by atoms with Gasteiger partial charge in [0.2, 0.25) is 11.9 Å². The Balaban J connectivity index is 1.47. The number of nitrogens with zero attached hydrogens (tertiary/aromatic N) is 3. The average molecular weight is 339 g/mol. The molecule has 0 atom stereocenters. The van der Waals surface area contributed by atoms with Gasteiger partial charge in [0, 0.05) is 43.4 Å². The molecule has 3 rings (SSSR count). The van der Waals surface area contributed by atoms with Crippen molar-refractivity contribution in [2.24, 2.45) is 7.05 Å². The molecule has 22 heavy (non-hydrogen) atoms. The summed E-state index contributed by atoms with van der Waals surface area (Å²) in [6.07, 6.45) is 6.08. The van der Waals surface area contributed by atoms with Crippen molar-refractivity contribution in [2.45, 2.75) is 25.3 Å². The summed E-state index contributed by atoms with van der Waals surface area (Å²) >= 11 is 7.35. The second kappa shape index (κ2) is 6.71. The molecule has 3 heterocycles. The molecule has 1 saturated heterocycles. The standard InChI is InChI=1S/C15H19ClN4OS/c1-19-9-6-17-15(19)20-7-4-11(5-8-20)18-14(21)10-12-2-3-13(16)22-12/h2-3,6,9,11H,4-5,7-8,10H2,1H3,(H,18,21). The van der Waals surface area contributed by atoms with Crippen molar-refractivity contribution < 1.29 is 4.79 Å². The van der Waals surface area contributed by atoms with Crippen LogP contribution in [0.15, 0.2) is 24.5 Å². The van der Waals surface area contributed by atoms with E-state index in [4.69, 9.17) is 11.6 Å². The zero-order chi connectivity index (χ0) is 15.5. The third kappa shape index (κ3) is 3.62. The summed E-state index contributed by atoms with van der Waals surface area (Å²) in [5, 5.41) is 3.13. The smallest absolute Gasteiger partial charge is 0.225 e. The first-order valence-corrected chi connectivity index (χ1v) is 8.57. The Labute approximate surface area is 138 Å². The molecule has 1 aliphatic rings. The maximum atomic E-state index is 12.1. The number of hydrogen-bond acceptors (Lipinski definition) is 4. The number of thiophene rings is 1. The summed E-state index contributed by atoms with van der Waals surface area (Å²) in [6, 6.07) is 4.00. The first kappa shape index (κ1) is 15.4. The van der Waals surface area contributed by atoms with Gasteiger partial charge in [-0.25, -0.2) is 4.98 Å². The highest BCUT2D eigenvalue weighted by Crippen LogP contribution is 2.22. The zero-order valence-corrected chi connectivity index (χ0v) is 14.0. The van der Waals surface area contributed by atoms with Gasteiger partial charge in [0.25, 0.3) is 0 Å². The Morgan fingerprint density at radius 3 is 2.82 bits per heavy atom. The van der Waals surface area contributed by atoms with Gasteiger partial charge >= 0.3 is 0 Å². The van der Waals surface area contributed by atoms with E-state index in [9.17, 15) is 4.79 Å². The van der Waals surface area contributed by atoms with Gasteiger partial charge in [0.1, 0.15) is 0 Å². The highest BCUT2D eigenvalue weighted by atomic mass is 35.5. The molecule has 0 aromatic carbocycles. The average Bonchev–Trinajstić information content (AvgIpc) is 3.08. The lowest BCUT2D eigenvalue weighted by Gasteiger charge is -2.33. The van der Waals surface area contributed by atoms with Crippen LogP contribution < -0.4 is 10.2 Å². The number of hydrogen-bond donors (Lipinski definition) is 1. The molecule has 0 unspecified atom stereocenters. The van der Waals surface area contributed by atoms with Crippen molar-refractivity contribution in [3.8, 4) is 0 Å². The molecule has 0 aliphatic carbocycles. The van der Waals surface area contributed by atoms with Crippen molar-refractivity contribution in [3.63, 3.8) is 0 Å². The van der Waals surface area contributed by atoms with E-state index >= 15 is 0 Å². The summed E-state index contributed by atoms with van der Waals surface area (Å²) in [5.74, 6) is 1.08. The second-order valence-electron chi connectivity index (χ2n) is 5.55. The predicted octanol–water partition coefficient (Wildman–Crippen LogP) is 2.46. The van der Waals surface area contributed by atoms with E-state index in [-0.39, 0.29) is 11.9 Å². The van der Waals surface area contributed by atoms with Gasteiger partial charge in [-0.2, -0.15) is 0 Å². The number of aromatic nitrogens is 2. The molecule has 118 valence electrons. The molecule has 5 nitrogen and oxygen atoms in total. The van der Waals surface area contributed by atoms with Crippen molar-refractivity contribution in [1.29, 1.82) is 0 Å². The van der Waals surface area contributed by atoms with Crippen molar-refractivity contribution in [2.75, 3.05) is 18.0 Å². The van der Waals surface area contributed by atoms with E-state index in [0.717, 1.165) is 41.1 Å². The predicted molar refractivity (Wildman–Crippen MR) is 89.6 cm³/mol. The van der Waals surface area contributed by atoms with E-state index in [0.29, 0.717) is 6.42 Å². The third-order valence-corrected chi connectivity index (χ3v) is 5.13. The maximum absolute atomic E-state index is 12.1. The SMILES string of the molecule is Cn1ccnc1N1CCC(NC(=O)Cc2ccc(Cl)s2)CC1. The largest absolute Gasteiger partial charge is 0.353 e. The summed E-state index contributed by atoms with van der Waals surface area (Å²) in [7, 11) is 2.00. The molecule has 0 spiro atoms. The number of rotatable bonds is 4. The first-order valence-electron chi connectivity index (χ1n) is 7.37. The highest BCUT2D eigenvalue weighted by molar-refractivity contribution is 7.16. The first-order chi connectivity index (χ1) is 10.6. The fourth-order valence-electron chi connectivity index (χ4n) is 2.77. The lowest BCUT2D eigenvalue weighted by atomic mass is 10.1. The van der Waals surface area contributed by atoms with Gasteiger partial charge in [-0.1, -0.05) is 11.6 Å². The fraction of sp³-hybridized carbons (Fsp3) is 0.467. The molecule has 0 saturated carbocycles. The van der Waals surface area contributed by atoms with Gasteiger partial charge in [-0.15, -0.1) is 11.3 Å². The van der Waals surface area contributed by atoms with Crippen LogP contribution in [0.3, 0.4) is 0 Å². The molecular formula is C15H19ClN4OS. The minimum atomic E-state index is 0.0777. The van der Waals surface area contributed by atoms with Gasteiger partial charge < -0.3 is 14.8 Å². The quantitative estimate of drug-likeness (QED) is 0.931. The number of carbonyl (C=O) groups excluding carboxylic acids is 1. The topological polar surface area (TPSA) is 50.2 Å². The van der Waals surface area contributed by atoms with Gasteiger partial charge in [0.05, 0.1) is 10.8 Å². The Bertz CT molecular complexity index is 646. The molecule has 2 aromatic heterocycles. The fourth-order valence-corrected chi connectivity index (χ4v) is 3.86. The van der Waals surface area contributed by atoms with Crippen molar-refractivity contribution in [3.05, 3.63) is 33.7 Å². The lowest BCUT2D eigenvalue weighted by molar-refractivity contribution is -0.121. The lowest BCUT2D eigenvalue weighted by Crippen LogP contribution is -2.45. The zero-order valence-electron chi connectivity index (χ0n) is 12.5. The van der Waals surface area contributed by atoms with E-state index in [1.807, 2.05) is 36.1 Å². The maximum Gasteiger partial charge on any atom is 0.225 e. The van der Waals surface area contributed by atoms with Crippen LogP contribution in [0, 0.1) is 0 Å². The van der Waals surface area contributed by atoms with Crippen LogP contribution in [0.5, 0.6) is 0 Å². The number of piperidine rings is 1. The monoisotopic (exact) mass is 338 g/mol. The van der Waals surface area contributed by atoms with E-state index in [1.54, 1.807) is 0 Å². The molecule has 1 N–H and O–H groups in total. The molecule has 7 heteroatoms. The summed E-state index contributed by atoms with van der Waals surface area (Å²) in [5.41, 5.74) is 0. The summed E-state index contributed by atoms with van der Waals surface area (Å²) in [4.78, 5) is 19.7. The summed E-state index contributed by atoms with van der Waals surface area (Å²) in [6.45, 7) is 1.83. The Hall–Kier alpha value is -1.53. The third-order valence-electron chi connectivity index (χ3n) is 3.90. The van der Waals surface area contributed by atoms with Crippen LogP contribution in [-0.4, -0.2) is 34.6 Å². The van der Waals surface area contributed by atoms with E-state index in [2.05, 4.69) is 15.2 Å². The molecule has 0 bridgehead atoms. The van der Waals surface area contributed by atoms with Crippen LogP contribution in [0.25, 0.3) is 0 Å². The van der Waals surface area contributed by atoms with Gasteiger partial charge in [-0.3, -0.25) is 4.79 Å². The van der Waals surface area contributed by atoms with Crippen LogP contribution >= 0.6 is 22.9 Å². The van der Waals surface area contributed by atoms with Crippen molar-refractivity contribution >= 4 is 34.8 Å². The molecule has 2 aromatic rings. The molecule has 0 radical (unpaired) electrons. The van der Waals surface area contributed by atoms with Crippen LogP contribution in [0.2, 0.25) is 4.34 Å². The van der Waals surface area contributed by atoms with Crippen LogP contribution in [-0.2, 0) is 18.3 Å². The molecular weight excluding hydrogens is 320 g/mol. The number of anilines is 1.